The number of aryl methyl sites for hydroxylation is 1. The molecule has 6 nitrogen and oxygen atoms in total. The number of alkyl halides is 1. The number of aromatic nitrogens is 2. The van der Waals surface area contributed by atoms with Crippen LogP contribution in [0.1, 0.15) is 45.9 Å². The molecule has 0 aliphatic heterocycles. The van der Waals surface area contributed by atoms with Gasteiger partial charge in [-0.1, -0.05) is 12.1 Å². The number of aromatic carboxylic acids is 1. The summed E-state index contributed by atoms with van der Waals surface area (Å²) in [5.74, 6) is 0.331. The second-order valence-electron chi connectivity index (χ2n) is 7.26. The van der Waals surface area contributed by atoms with Gasteiger partial charge in [-0.05, 0) is 54.7 Å². The first-order valence-corrected chi connectivity index (χ1v) is 9.88. The van der Waals surface area contributed by atoms with Crippen molar-refractivity contribution < 1.29 is 19.0 Å². The van der Waals surface area contributed by atoms with E-state index in [0.717, 1.165) is 19.3 Å². The molecule has 0 bridgehead atoms. The largest absolute Gasteiger partial charge is 0.478 e. The number of carboxylic acid groups (broad SMARTS) is 1. The molecule has 0 spiro atoms. The van der Waals surface area contributed by atoms with E-state index in [9.17, 15) is 14.3 Å². The molecule has 1 aliphatic carbocycles. The summed E-state index contributed by atoms with van der Waals surface area (Å²) in [5.41, 5.74) is 3.51. The molecule has 0 saturated carbocycles. The van der Waals surface area contributed by atoms with Gasteiger partial charge in [0.2, 0.25) is 5.88 Å². The van der Waals surface area contributed by atoms with E-state index in [2.05, 4.69) is 21.4 Å². The van der Waals surface area contributed by atoms with Crippen molar-refractivity contribution in [2.45, 2.75) is 31.9 Å². The molecule has 1 atom stereocenters. The topological polar surface area (TPSA) is 84.3 Å². The fourth-order valence-corrected chi connectivity index (χ4v) is 3.83. The van der Waals surface area contributed by atoms with Gasteiger partial charge in [0.15, 0.2) is 0 Å². The Bertz CT molecular complexity index is 1060. The van der Waals surface area contributed by atoms with Gasteiger partial charge in [0.25, 0.3) is 0 Å². The molecule has 7 heteroatoms. The molecule has 0 saturated heterocycles. The summed E-state index contributed by atoms with van der Waals surface area (Å²) < 4.78 is 18.6. The summed E-state index contributed by atoms with van der Waals surface area (Å²) >= 11 is 0. The number of halogens is 1. The number of nitrogens with zero attached hydrogens (tertiary/aromatic N) is 2. The second kappa shape index (κ2) is 8.90. The molecule has 154 valence electrons. The molecule has 4 rings (SSSR count). The Hall–Kier alpha value is -3.48. The average molecular weight is 407 g/mol. The molecule has 30 heavy (non-hydrogen) atoms. The molecule has 0 radical (unpaired) electrons. The highest BCUT2D eigenvalue weighted by Crippen LogP contribution is 2.35. The molecule has 1 aliphatic rings. The van der Waals surface area contributed by atoms with E-state index in [4.69, 9.17) is 4.74 Å². The van der Waals surface area contributed by atoms with E-state index in [1.165, 1.54) is 23.4 Å². The van der Waals surface area contributed by atoms with Crippen LogP contribution in [-0.4, -0.2) is 27.6 Å². The van der Waals surface area contributed by atoms with Crippen LogP contribution >= 0.6 is 0 Å². The fourth-order valence-electron chi connectivity index (χ4n) is 3.83. The van der Waals surface area contributed by atoms with Crippen LogP contribution in [0.25, 0.3) is 0 Å². The van der Waals surface area contributed by atoms with Gasteiger partial charge in [-0.2, -0.15) is 0 Å². The lowest BCUT2D eigenvalue weighted by Gasteiger charge is -2.26. The first-order valence-electron chi connectivity index (χ1n) is 9.88. The first-order chi connectivity index (χ1) is 14.6. The SMILES string of the molecule is O=C(O)c1ccncc1NCC1CCCc2cc(Oc3cccc(CF)n3)ccc21. The molecule has 1 aromatic carbocycles. The minimum atomic E-state index is -0.976. The number of carbonyl (C=O) groups is 1. The van der Waals surface area contributed by atoms with Gasteiger partial charge in [-0.15, -0.1) is 0 Å². The Morgan fingerprint density at radius 1 is 1.27 bits per heavy atom. The second-order valence-corrected chi connectivity index (χ2v) is 7.26. The quantitative estimate of drug-likeness (QED) is 0.575. The Balaban J connectivity index is 1.49. The van der Waals surface area contributed by atoms with Crippen molar-refractivity contribution in [3.05, 3.63) is 77.2 Å². The monoisotopic (exact) mass is 407 g/mol. The third-order valence-electron chi connectivity index (χ3n) is 5.28. The Kier molecular flexibility index (Phi) is 5.88. The summed E-state index contributed by atoms with van der Waals surface area (Å²) in [5, 5.41) is 12.6. The normalized spacial score (nSPS) is 15.3. The van der Waals surface area contributed by atoms with Crippen molar-refractivity contribution in [1.82, 2.24) is 9.97 Å². The van der Waals surface area contributed by atoms with Crippen molar-refractivity contribution in [2.24, 2.45) is 0 Å². The summed E-state index contributed by atoms with van der Waals surface area (Å²) in [4.78, 5) is 19.6. The van der Waals surface area contributed by atoms with Crippen LogP contribution in [0.15, 0.2) is 54.9 Å². The van der Waals surface area contributed by atoms with Gasteiger partial charge in [-0.25, -0.2) is 14.2 Å². The van der Waals surface area contributed by atoms with Crippen LogP contribution in [0.2, 0.25) is 0 Å². The minimum absolute atomic E-state index is 0.216. The molecule has 2 heterocycles. The number of nitrogens with one attached hydrogen (secondary N) is 1. The minimum Gasteiger partial charge on any atom is -0.478 e. The lowest BCUT2D eigenvalue weighted by Crippen LogP contribution is -2.19. The molecule has 2 N–H and O–H groups in total. The van der Waals surface area contributed by atoms with Crippen molar-refractivity contribution in [3.63, 3.8) is 0 Å². The summed E-state index contributed by atoms with van der Waals surface area (Å²) in [6, 6.07) is 12.5. The van der Waals surface area contributed by atoms with Gasteiger partial charge in [0.05, 0.1) is 23.1 Å². The molecular weight excluding hydrogens is 385 g/mol. The zero-order valence-electron chi connectivity index (χ0n) is 16.3. The van der Waals surface area contributed by atoms with E-state index in [1.807, 2.05) is 12.1 Å². The average Bonchev–Trinajstić information content (AvgIpc) is 2.77. The first kappa shape index (κ1) is 19.8. The van der Waals surface area contributed by atoms with Crippen LogP contribution in [0.4, 0.5) is 10.1 Å². The number of ether oxygens (including phenoxy) is 1. The zero-order chi connectivity index (χ0) is 20.9. The van der Waals surface area contributed by atoms with Crippen molar-refractivity contribution >= 4 is 11.7 Å². The molecule has 3 aromatic rings. The van der Waals surface area contributed by atoms with Crippen LogP contribution in [0.5, 0.6) is 11.6 Å². The molecule has 0 amide bonds. The van der Waals surface area contributed by atoms with Crippen LogP contribution in [0, 0.1) is 0 Å². The van der Waals surface area contributed by atoms with Crippen molar-refractivity contribution in [3.8, 4) is 11.6 Å². The number of rotatable bonds is 7. The summed E-state index contributed by atoms with van der Waals surface area (Å²) in [6.07, 6.45) is 6.03. The van der Waals surface area contributed by atoms with E-state index in [0.29, 0.717) is 29.6 Å². The van der Waals surface area contributed by atoms with E-state index < -0.39 is 12.6 Å². The van der Waals surface area contributed by atoms with E-state index in [1.54, 1.807) is 24.4 Å². The number of pyridine rings is 2. The number of hydrogen-bond donors (Lipinski definition) is 2. The predicted octanol–water partition coefficient (Wildman–Crippen LogP) is 4.97. The highest BCUT2D eigenvalue weighted by atomic mass is 19.1. The summed E-state index contributed by atoms with van der Waals surface area (Å²) in [6.45, 7) is -0.00409. The van der Waals surface area contributed by atoms with Crippen LogP contribution < -0.4 is 10.1 Å². The fraction of sp³-hybridized carbons (Fsp3) is 0.261. The van der Waals surface area contributed by atoms with Crippen LogP contribution in [-0.2, 0) is 13.1 Å². The number of hydrogen-bond acceptors (Lipinski definition) is 5. The maximum absolute atomic E-state index is 12.8. The van der Waals surface area contributed by atoms with E-state index in [-0.39, 0.29) is 11.5 Å². The van der Waals surface area contributed by atoms with E-state index >= 15 is 0 Å². The number of anilines is 1. The lowest BCUT2D eigenvalue weighted by molar-refractivity contribution is 0.0697. The Morgan fingerprint density at radius 3 is 3.00 bits per heavy atom. The maximum atomic E-state index is 12.8. The number of carboxylic acids is 1. The number of benzene rings is 1. The standard InChI is InChI=1S/C23H22FN3O3/c24-12-17-5-2-6-22(27-17)30-18-7-8-19-15(11-18)3-1-4-16(19)13-26-21-14-25-10-9-20(21)23(28)29/h2,5-11,14,16,26H,1,3-4,12-13H2,(H,28,29). The lowest BCUT2D eigenvalue weighted by atomic mass is 9.82. The van der Waals surface area contributed by atoms with Crippen molar-refractivity contribution in [2.75, 3.05) is 11.9 Å². The Labute approximate surface area is 173 Å². The molecule has 1 unspecified atom stereocenters. The van der Waals surface area contributed by atoms with Gasteiger partial charge in [0, 0.05) is 24.7 Å². The third kappa shape index (κ3) is 4.40. The van der Waals surface area contributed by atoms with Gasteiger partial charge >= 0.3 is 5.97 Å². The van der Waals surface area contributed by atoms with Gasteiger partial charge < -0.3 is 15.2 Å². The maximum Gasteiger partial charge on any atom is 0.337 e. The highest BCUT2D eigenvalue weighted by molar-refractivity contribution is 5.93. The third-order valence-corrected chi connectivity index (χ3v) is 5.28. The summed E-state index contributed by atoms with van der Waals surface area (Å²) in [7, 11) is 0. The molecular formula is C23H22FN3O3. The zero-order valence-corrected chi connectivity index (χ0v) is 16.3. The van der Waals surface area contributed by atoms with Crippen molar-refractivity contribution in [1.29, 1.82) is 0 Å². The number of fused-ring (bicyclic) bond motifs is 1. The Morgan fingerprint density at radius 2 is 2.17 bits per heavy atom. The van der Waals surface area contributed by atoms with Crippen LogP contribution in [0.3, 0.4) is 0 Å². The smallest absolute Gasteiger partial charge is 0.337 e. The molecule has 2 aromatic heterocycles. The van der Waals surface area contributed by atoms with Gasteiger partial charge in [-0.3, -0.25) is 4.98 Å². The van der Waals surface area contributed by atoms with Gasteiger partial charge in [0.1, 0.15) is 12.4 Å². The highest BCUT2D eigenvalue weighted by Gasteiger charge is 2.21. The molecule has 0 fully saturated rings. The predicted molar refractivity (Wildman–Crippen MR) is 111 cm³/mol.